The van der Waals surface area contributed by atoms with Crippen LogP contribution >= 0.6 is 0 Å². The van der Waals surface area contributed by atoms with Crippen LogP contribution in [0.3, 0.4) is 0 Å². The number of aromatic nitrogens is 3. The number of carbonyl (C=O) groups is 1. The summed E-state index contributed by atoms with van der Waals surface area (Å²) in [4.78, 5) is 26.2. The van der Waals surface area contributed by atoms with Crippen molar-refractivity contribution in [3.8, 4) is 22.5 Å². The number of fused-ring (bicyclic) bond motifs is 1. The van der Waals surface area contributed by atoms with E-state index >= 15 is 0 Å². The highest BCUT2D eigenvalue weighted by Gasteiger charge is 2.29. The van der Waals surface area contributed by atoms with E-state index in [1.165, 1.54) is 12.1 Å². The molecule has 0 unspecified atom stereocenters. The van der Waals surface area contributed by atoms with Gasteiger partial charge in [-0.1, -0.05) is 6.07 Å². The average molecular weight is 553 g/mol. The Bertz CT molecular complexity index is 1570. The van der Waals surface area contributed by atoms with Gasteiger partial charge in [-0.15, -0.1) is 0 Å². The SMILES string of the molecule is Cc1cc(F)cc(-c2cnc(N)c(-c3nc4c(F)cc(F)cc4[nH]3)c2N2CCC(NC(=O)OC(C)(C)C)CC2)c1. The molecule has 2 aromatic carbocycles. The van der Waals surface area contributed by atoms with Crippen LogP contribution in [0.15, 0.2) is 36.5 Å². The number of piperidine rings is 1. The van der Waals surface area contributed by atoms with Crippen molar-refractivity contribution in [2.45, 2.75) is 52.2 Å². The second-order valence-corrected chi connectivity index (χ2v) is 11.1. The molecule has 8 nitrogen and oxygen atoms in total. The number of benzene rings is 2. The lowest BCUT2D eigenvalue weighted by molar-refractivity contribution is 0.0497. The summed E-state index contributed by atoms with van der Waals surface area (Å²) in [5.74, 6) is -1.61. The van der Waals surface area contributed by atoms with Gasteiger partial charge in [0, 0.05) is 37.0 Å². The number of carbonyl (C=O) groups excluding carboxylic acids is 1. The summed E-state index contributed by atoms with van der Waals surface area (Å²) in [6.07, 6.45) is 2.30. The predicted molar refractivity (Wildman–Crippen MR) is 148 cm³/mol. The molecule has 0 radical (unpaired) electrons. The van der Waals surface area contributed by atoms with E-state index in [2.05, 4.69) is 25.2 Å². The van der Waals surface area contributed by atoms with Crippen LogP contribution < -0.4 is 16.0 Å². The van der Waals surface area contributed by atoms with E-state index in [9.17, 15) is 18.0 Å². The number of H-pyrrole nitrogens is 1. The number of halogens is 3. The first-order chi connectivity index (χ1) is 18.9. The number of rotatable bonds is 4. The monoisotopic (exact) mass is 552 g/mol. The lowest BCUT2D eigenvalue weighted by atomic mass is 9.96. The van der Waals surface area contributed by atoms with Crippen LogP contribution in [0.25, 0.3) is 33.5 Å². The molecule has 0 bridgehead atoms. The van der Waals surface area contributed by atoms with Crippen molar-refractivity contribution in [2.75, 3.05) is 23.7 Å². The van der Waals surface area contributed by atoms with Crippen molar-refractivity contribution in [1.29, 1.82) is 0 Å². The van der Waals surface area contributed by atoms with E-state index in [0.29, 0.717) is 48.3 Å². The second kappa shape index (κ2) is 10.4. The van der Waals surface area contributed by atoms with Crippen LogP contribution in [0.2, 0.25) is 0 Å². The number of hydrogen-bond donors (Lipinski definition) is 3. The molecule has 11 heteroatoms. The molecular formula is C29H31F3N6O2. The zero-order chi connectivity index (χ0) is 28.8. The van der Waals surface area contributed by atoms with Gasteiger partial charge in [0.15, 0.2) is 5.82 Å². The van der Waals surface area contributed by atoms with E-state index < -0.39 is 29.1 Å². The molecular weight excluding hydrogens is 521 g/mol. The number of aromatic amines is 1. The molecule has 210 valence electrons. The van der Waals surface area contributed by atoms with E-state index in [1.54, 1.807) is 33.9 Å². The van der Waals surface area contributed by atoms with Gasteiger partial charge in [-0.25, -0.2) is 27.9 Å². The van der Waals surface area contributed by atoms with Gasteiger partial charge >= 0.3 is 6.09 Å². The molecule has 2 aromatic heterocycles. The fourth-order valence-corrected chi connectivity index (χ4v) is 5.06. The molecule has 0 saturated carbocycles. The van der Waals surface area contributed by atoms with Gasteiger partial charge < -0.3 is 25.7 Å². The summed E-state index contributed by atoms with van der Waals surface area (Å²) < 4.78 is 48.4. The highest BCUT2D eigenvalue weighted by molar-refractivity contribution is 5.95. The Morgan fingerprint density at radius 1 is 1.10 bits per heavy atom. The number of aryl methyl sites for hydroxylation is 1. The third-order valence-corrected chi connectivity index (χ3v) is 6.71. The number of alkyl carbamates (subject to hydrolysis) is 1. The zero-order valence-corrected chi connectivity index (χ0v) is 22.7. The molecule has 1 saturated heterocycles. The number of pyridine rings is 1. The standard InChI is InChI=1S/C29H31F3N6O2/c1-15-9-16(11-17(30)10-15)20-14-34-26(33)23(27-36-22-13-18(31)12-21(32)24(22)37-27)25(20)38-7-5-19(6-8-38)35-28(39)40-29(2,3)4/h9-14,19H,5-8H2,1-4H3,(H2,33,34)(H,35,39)(H,36,37). The molecule has 4 N–H and O–H groups in total. The fraction of sp³-hybridized carbons (Fsp3) is 0.345. The average Bonchev–Trinajstić information content (AvgIpc) is 3.26. The van der Waals surface area contributed by atoms with Crippen molar-refractivity contribution in [2.24, 2.45) is 0 Å². The molecule has 1 aliphatic rings. The summed E-state index contributed by atoms with van der Waals surface area (Å²) in [7, 11) is 0. The van der Waals surface area contributed by atoms with Crippen LogP contribution in [0.1, 0.15) is 39.2 Å². The Hall–Kier alpha value is -4.28. The Balaban J connectivity index is 1.57. The van der Waals surface area contributed by atoms with Gasteiger partial charge in [-0.2, -0.15) is 0 Å². The van der Waals surface area contributed by atoms with Crippen molar-refractivity contribution >= 4 is 28.6 Å². The Morgan fingerprint density at radius 3 is 2.48 bits per heavy atom. The first kappa shape index (κ1) is 27.3. The third-order valence-electron chi connectivity index (χ3n) is 6.71. The van der Waals surface area contributed by atoms with Crippen molar-refractivity contribution in [1.82, 2.24) is 20.3 Å². The van der Waals surface area contributed by atoms with E-state index in [0.717, 1.165) is 17.7 Å². The Labute approximate surface area is 229 Å². The summed E-state index contributed by atoms with van der Waals surface area (Å²) in [5.41, 5.74) is 8.87. The van der Waals surface area contributed by atoms with Crippen LogP contribution in [0.5, 0.6) is 0 Å². The van der Waals surface area contributed by atoms with Gasteiger partial charge in [-0.05, 0) is 69.9 Å². The molecule has 1 aliphatic heterocycles. The molecule has 40 heavy (non-hydrogen) atoms. The Kier molecular flexibility index (Phi) is 7.07. The summed E-state index contributed by atoms with van der Waals surface area (Å²) in [6.45, 7) is 8.24. The maximum atomic E-state index is 14.5. The number of nitrogens with one attached hydrogen (secondary N) is 2. The normalized spacial score (nSPS) is 14.5. The number of nitrogens with zero attached hydrogens (tertiary/aromatic N) is 3. The predicted octanol–water partition coefficient (Wildman–Crippen LogP) is 6.09. The van der Waals surface area contributed by atoms with Gasteiger partial charge in [0.2, 0.25) is 0 Å². The van der Waals surface area contributed by atoms with Crippen LogP contribution in [-0.2, 0) is 4.74 Å². The lowest BCUT2D eigenvalue weighted by Gasteiger charge is -2.36. The van der Waals surface area contributed by atoms with E-state index in [4.69, 9.17) is 10.5 Å². The largest absolute Gasteiger partial charge is 0.444 e. The molecule has 0 atom stereocenters. The number of imidazole rings is 1. The third kappa shape index (κ3) is 5.68. The lowest BCUT2D eigenvalue weighted by Crippen LogP contribution is -2.46. The molecule has 0 spiro atoms. The molecule has 4 aromatic rings. The first-order valence-electron chi connectivity index (χ1n) is 13.0. The van der Waals surface area contributed by atoms with Crippen LogP contribution in [-0.4, -0.2) is 45.8 Å². The highest BCUT2D eigenvalue weighted by Crippen LogP contribution is 2.43. The minimum absolute atomic E-state index is 0.0333. The number of ether oxygens (including phenoxy) is 1. The van der Waals surface area contributed by atoms with E-state index in [-0.39, 0.29) is 28.7 Å². The molecule has 5 rings (SSSR count). The fourth-order valence-electron chi connectivity index (χ4n) is 5.06. The van der Waals surface area contributed by atoms with Crippen molar-refractivity contribution < 1.29 is 22.7 Å². The molecule has 0 aliphatic carbocycles. The number of nitrogens with two attached hydrogens (primary N) is 1. The minimum atomic E-state index is -0.809. The maximum Gasteiger partial charge on any atom is 0.407 e. The zero-order valence-electron chi connectivity index (χ0n) is 22.7. The van der Waals surface area contributed by atoms with Gasteiger partial charge in [0.25, 0.3) is 0 Å². The quantitative estimate of drug-likeness (QED) is 0.283. The van der Waals surface area contributed by atoms with E-state index in [1.807, 2.05) is 6.07 Å². The summed E-state index contributed by atoms with van der Waals surface area (Å²) in [6, 6.07) is 6.50. The van der Waals surface area contributed by atoms with Crippen LogP contribution in [0.4, 0.5) is 29.5 Å². The van der Waals surface area contributed by atoms with Gasteiger partial charge in [0.05, 0.1) is 16.8 Å². The van der Waals surface area contributed by atoms with Crippen LogP contribution in [0, 0.1) is 24.4 Å². The van der Waals surface area contributed by atoms with Crippen molar-refractivity contribution in [3.63, 3.8) is 0 Å². The smallest absolute Gasteiger partial charge is 0.407 e. The number of anilines is 2. The summed E-state index contributed by atoms with van der Waals surface area (Å²) in [5, 5.41) is 2.93. The molecule has 1 amide bonds. The second-order valence-electron chi connectivity index (χ2n) is 11.1. The Morgan fingerprint density at radius 2 is 1.80 bits per heavy atom. The van der Waals surface area contributed by atoms with Gasteiger partial charge in [-0.3, -0.25) is 0 Å². The number of hydrogen-bond acceptors (Lipinski definition) is 6. The maximum absolute atomic E-state index is 14.5. The van der Waals surface area contributed by atoms with Crippen molar-refractivity contribution in [3.05, 3.63) is 59.5 Å². The highest BCUT2D eigenvalue weighted by atomic mass is 19.1. The molecule has 3 heterocycles. The topological polar surface area (TPSA) is 109 Å². The minimum Gasteiger partial charge on any atom is -0.444 e. The first-order valence-corrected chi connectivity index (χ1v) is 13.0. The van der Waals surface area contributed by atoms with Gasteiger partial charge in [0.1, 0.15) is 34.4 Å². The summed E-state index contributed by atoms with van der Waals surface area (Å²) >= 11 is 0. The number of nitrogen functional groups attached to an aromatic ring is 1. The molecule has 1 fully saturated rings. The number of amides is 1.